The molecule has 0 spiro atoms. The molecule has 0 aliphatic carbocycles. The van der Waals surface area contributed by atoms with Crippen molar-refractivity contribution in [2.45, 2.75) is 33.4 Å². The van der Waals surface area contributed by atoms with Crippen LogP contribution in [0.4, 0.5) is 8.78 Å². The summed E-state index contributed by atoms with van der Waals surface area (Å²) in [5.41, 5.74) is 1.36. The lowest BCUT2D eigenvalue weighted by atomic mass is 10.1. The maximum atomic E-state index is 13.4. The molecule has 1 aromatic carbocycles. The standard InChI is InChI=1S/C14H17F2N3O/c1-9(2)5-6-19-14(13(8-20)17-18-19)10-3-4-11(15)12(16)7-10/h3-4,7,9,20H,5-6,8H2,1-2H3. The van der Waals surface area contributed by atoms with Crippen LogP contribution in [0.25, 0.3) is 11.3 Å². The van der Waals surface area contributed by atoms with E-state index in [1.165, 1.54) is 6.07 Å². The van der Waals surface area contributed by atoms with Gasteiger partial charge < -0.3 is 5.11 Å². The van der Waals surface area contributed by atoms with Gasteiger partial charge in [-0.1, -0.05) is 19.1 Å². The Balaban J connectivity index is 2.41. The third-order valence-electron chi connectivity index (χ3n) is 3.07. The van der Waals surface area contributed by atoms with Gasteiger partial charge in [0.2, 0.25) is 0 Å². The lowest BCUT2D eigenvalue weighted by Crippen LogP contribution is -2.06. The highest BCUT2D eigenvalue weighted by atomic mass is 19.2. The molecule has 2 aromatic rings. The zero-order valence-corrected chi connectivity index (χ0v) is 11.5. The summed E-state index contributed by atoms with van der Waals surface area (Å²) in [6.07, 6.45) is 0.880. The summed E-state index contributed by atoms with van der Waals surface area (Å²) in [6, 6.07) is 3.62. The molecule has 1 heterocycles. The van der Waals surface area contributed by atoms with E-state index >= 15 is 0 Å². The fourth-order valence-corrected chi connectivity index (χ4v) is 1.95. The molecular formula is C14H17F2N3O. The zero-order chi connectivity index (χ0) is 14.7. The molecule has 1 N–H and O–H groups in total. The lowest BCUT2D eigenvalue weighted by Gasteiger charge is -2.09. The average molecular weight is 281 g/mol. The molecule has 1 aromatic heterocycles. The monoisotopic (exact) mass is 281 g/mol. The molecule has 2 rings (SSSR count). The van der Waals surface area contributed by atoms with E-state index in [4.69, 9.17) is 0 Å². The van der Waals surface area contributed by atoms with E-state index in [9.17, 15) is 13.9 Å². The smallest absolute Gasteiger partial charge is 0.159 e. The normalized spacial score (nSPS) is 11.3. The van der Waals surface area contributed by atoms with Gasteiger partial charge in [0.1, 0.15) is 5.69 Å². The van der Waals surface area contributed by atoms with Crippen LogP contribution >= 0.6 is 0 Å². The molecule has 0 unspecified atom stereocenters. The van der Waals surface area contributed by atoms with Crippen LogP contribution in [0.15, 0.2) is 18.2 Å². The highest BCUT2D eigenvalue weighted by Gasteiger charge is 2.16. The van der Waals surface area contributed by atoms with Crippen LogP contribution in [0.3, 0.4) is 0 Å². The van der Waals surface area contributed by atoms with Crippen LogP contribution in [0, 0.1) is 17.6 Å². The molecule has 20 heavy (non-hydrogen) atoms. The molecular weight excluding hydrogens is 264 g/mol. The van der Waals surface area contributed by atoms with Gasteiger partial charge in [-0.25, -0.2) is 13.5 Å². The fraction of sp³-hybridized carbons (Fsp3) is 0.429. The summed E-state index contributed by atoms with van der Waals surface area (Å²) in [7, 11) is 0. The number of hydrogen-bond donors (Lipinski definition) is 1. The predicted octanol–water partition coefficient (Wildman–Crippen LogP) is 2.76. The lowest BCUT2D eigenvalue weighted by molar-refractivity contribution is 0.277. The summed E-state index contributed by atoms with van der Waals surface area (Å²) in [6.45, 7) is 4.48. The van der Waals surface area contributed by atoms with Gasteiger partial charge in [0.15, 0.2) is 11.6 Å². The largest absolute Gasteiger partial charge is 0.390 e. The maximum Gasteiger partial charge on any atom is 0.159 e. The van der Waals surface area contributed by atoms with Gasteiger partial charge >= 0.3 is 0 Å². The Morgan fingerprint density at radius 1 is 1.25 bits per heavy atom. The molecule has 0 bridgehead atoms. The molecule has 6 heteroatoms. The van der Waals surface area contributed by atoms with Crippen molar-refractivity contribution in [2.75, 3.05) is 0 Å². The maximum absolute atomic E-state index is 13.4. The molecule has 0 radical (unpaired) electrons. The van der Waals surface area contributed by atoms with Crippen molar-refractivity contribution in [1.29, 1.82) is 0 Å². The van der Waals surface area contributed by atoms with E-state index in [1.807, 2.05) is 0 Å². The molecule has 0 amide bonds. The summed E-state index contributed by atoms with van der Waals surface area (Å²) >= 11 is 0. The first-order valence-electron chi connectivity index (χ1n) is 6.51. The van der Waals surface area contributed by atoms with E-state index in [0.29, 0.717) is 29.4 Å². The van der Waals surface area contributed by atoms with Crippen molar-refractivity contribution >= 4 is 0 Å². The fourth-order valence-electron chi connectivity index (χ4n) is 1.95. The number of halogens is 2. The molecule has 0 aliphatic heterocycles. The minimum Gasteiger partial charge on any atom is -0.390 e. The van der Waals surface area contributed by atoms with Crippen molar-refractivity contribution in [3.05, 3.63) is 35.5 Å². The summed E-state index contributed by atoms with van der Waals surface area (Å²) in [4.78, 5) is 0. The van der Waals surface area contributed by atoms with E-state index < -0.39 is 11.6 Å². The molecule has 0 aliphatic rings. The van der Waals surface area contributed by atoms with Gasteiger partial charge in [-0.15, -0.1) is 5.10 Å². The summed E-state index contributed by atoms with van der Waals surface area (Å²) in [5.74, 6) is -1.35. The Morgan fingerprint density at radius 2 is 2.00 bits per heavy atom. The molecule has 0 atom stereocenters. The number of benzene rings is 1. The molecule has 4 nitrogen and oxygen atoms in total. The second-order valence-electron chi connectivity index (χ2n) is 5.08. The van der Waals surface area contributed by atoms with Crippen LogP contribution in [0.1, 0.15) is 26.0 Å². The second kappa shape index (κ2) is 6.09. The van der Waals surface area contributed by atoms with Crippen molar-refractivity contribution in [1.82, 2.24) is 15.0 Å². The Hall–Kier alpha value is -1.82. The van der Waals surface area contributed by atoms with Crippen molar-refractivity contribution in [2.24, 2.45) is 5.92 Å². The third-order valence-corrected chi connectivity index (χ3v) is 3.07. The molecule has 108 valence electrons. The SMILES string of the molecule is CC(C)CCn1nnc(CO)c1-c1ccc(F)c(F)c1. The van der Waals surface area contributed by atoms with E-state index in [1.54, 1.807) is 4.68 Å². The Morgan fingerprint density at radius 3 is 2.60 bits per heavy atom. The van der Waals surface area contributed by atoms with Crippen molar-refractivity contribution < 1.29 is 13.9 Å². The van der Waals surface area contributed by atoms with E-state index in [0.717, 1.165) is 18.6 Å². The van der Waals surface area contributed by atoms with Crippen molar-refractivity contribution in [3.8, 4) is 11.3 Å². The van der Waals surface area contributed by atoms with Crippen LogP contribution in [-0.4, -0.2) is 20.1 Å². The topological polar surface area (TPSA) is 50.9 Å². The van der Waals surface area contributed by atoms with E-state index in [-0.39, 0.29) is 6.61 Å². The Bertz CT molecular complexity index is 596. The highest BCUT2D eigenvalue weighted by Crippen LogP contribution is 2.24. The van der Waals surface area contributed by atoms with Crippen molar-refractivity contribution in [3.63, 3.8) is 0 Å². The van der Waals surface area contributed by atoms with Crippen LogP contribution in [0.2, 0.25) is 0 Å². The predicted molar refractivity (Wildman–Crippen MR) is 70.8 cm³/mol. The number of rotatable bonds is 5. The quantitative estimate of drug-likeness (QED) is 0.916. The first-order chi connectivity index (χ1) is 9.52. The molecule has 0 fully saturated rings. The first-order valence-corrected chi connectivity index (χ1v) is 6.51. The number of hydrogen-bond acceptors (Lipinski definition) is 3. The third kappa shape index (κ3) is 3.01. The number of aliphatic hydroxyl groups excluding tert-OH is 1. The number of aliphatic hydroxyl groups is 1. The van der Waals surface area contributed by atoms with Crippen LogP contribution < -0.4 is 0 Å². The summed E-state index contributed by atoms with van der Waals surface area (Å²) < 4.78 is 28.0. The van der Waals surface area contributed by atoms with Gasteiger partial charge in [-0.2, -0.15) is 0 Å². The number of aromatic nitrogens is 3. The van der Waals surface area contributed by atoms with Gasteiger partial charge in [0.05, 0.1) is 12.3 Å². The first kappa shape index (κ1) is 14.6. The number of aryl methyl sites for hydroxylation is 1. The average Bonchev–Trinajstić information content (AvgIpc) is 2.82. The van der Waals surface area contributed by atoms with Gasteiger partial charge in [-0.3, -0.25) is 0 Å². The van der Waals surface area contributed by atoms with E-state index in [2.05, 4.69) is 24.2 Å². The molecule has 0 saturated heterocycles. The van der Waals surface area contributed by atoms with Gasteiger partial charge in [0.25, 0.3) is 0 Å². The van der Waals surface area contributed by atoms with Crippen LogP contribution in [-0.2, 0) is 13.2 Å². The zero-order valence-electron chi connectivity index (χ0n) is 11.5. The van der Waals surface area contributed by atoms with Crippen LogP contribution in [0.5, 0.6) is 0 Å². The van der Waals surface area contributed by atoms with Gasteiger partial charge in [0, 0.05) is 12.1 Å². The number of nitrogens with zero attached hydrogens (tertiary/aromatic N) is 3. The minimum atomic E-state index is -0.928. The van der Waals surface area contributed by atoms with Gasteiger partial charge in [-0.05, 0) is 30.5 Å². The Labute approximate surface area is 116 Å². The second-order valence-corrected chi connectivity index (χ2v) is 5.08. The Kier molecular flexibility index (Phi) is 4.44. The summed E-state index contributed by atoms with van der Waals surface area (Å²) in [5, 5.41) is 17.2. The highest BCUT2D eigenvalue weighted by molar-refractivity contribution is 5.61. The minimum absolute atomic E-state index is 0.296. The molecule has 0 saturated carbocycles.